The SMILES string of the molecule is C=CC(=O)OCOc1ccc(C(=O)Oc2ccc3cc(C#N)ccc3c2)cc1. The molecule has 0 radical (unpaired) electrons. The number of rotatable bonds is 6. The van der Waals surface area contributed by atoms with Crippen molar-refractivity contribution in [3.8, 4) is 17.6 Å². The van der Waals surface area contributed by atoms with Crippen LogP contribution in [0.2, 0.25) is 0 Å². The molecule has 0 heterocycles. The molecule has 6 nitrogen and oxygen atoms in total. The Bertz CT molecular complexity index is 1080. The van der Waals surface area contributed by atoms with Gasteiger partial charge in [0.25, 0.3) is 0 Å². The minimum atomic E-state index is -0.584. The Morgan fingerprint density at radius 3 is 2.36 bits per heavy atom. The molecule has 6 heteroatoms. The number of nitrogens with zero attached hydrogens (tertiary/aromatic N) is 1. The maximum absolute atomic E-state index is 12.3. The monoisotopic (exact) mass is 373 g/mol. The summed E-state index contributed by atoms with van der Waals surface area (Å²) in [5.74, 6) is -0.261. The Morgan fingerprint density at radius 2 is 1.64 bits per heavy atom. The number of nitriles is 1. The van der Waals surface area contributed by atoms with Crippen molar-refractivity contribution >= 4 is 22.7 Å². The molecule has 138 valence electrons. The Balaban J connectivity index is 1.64. The molecule has 0 aromatic heterocycles. The predicted octanol–water partition coefficient (Wildman–Crippen LogP) is 4.00. The van der Waals surface area contributed by atoms with Gasteiger partial charge in [-0.25, -0.2) is 9.59 Å². The van der Waals surface area contributed by atoms with E-state index in [1.807, 2.05) is 0 Å². The van der Waals surface area contributed by atoms with E-state index in [1.165, 1.54) is 0 Å². The zero-order valence-electron chi connectivity index (χ0n) is 14.8. The molecular formula is C22H15NO5. The summed E-state index contributed by atoms with van der Waals surface area (Å²) in [6.45, 7) is 3.03. The molecule has 0 aliphatic rings. The highest BCUT2D eigenvalue weighted by atomic mass is 16.7. The molecule has 28 heavy (non-hydrogen) atoms. The van der Waals surface area contributed by atoms with E-state index in [9.17, 15) is 9.59 Å². The summed E-state index contributed by atoms with van der Waals surface area (Å²) in [4.78, 5) is 23.3. The summed E-state index contributed by atoms with van der Waals surface area (Å²) >= 11 is 0. The number of carbonyl (C=O) groups excluding carboxylic acids is 2. The fourth-order valence-electron chi connectivity index (χ4n) is 2.42. The first-order valence-corrected chi connectivity index (χ1v) is 8.27. The van der Waals surface area contributed by atoms with Gasteiger partial charge in [0, 0.05) is 6.08 Å². The normalized spacial score (nSPS) is 9.96. The second-order valence-corrected chi connectivity index (χ2v) is 5.68. The number of esters is 2. The summed E-state index contributed by atoms with van der Waals surface area (Å²) in [6, 6.07) is 18.8. The van der Waals surface area contributed by atoms with Gasteiger partial charge in [0.2, 0.25) is 6.79 Å². The zero-order chi connectivity index (χ0) is 19.9. The van der Waals surface area contributed by atoms with Crippen LogP contribution in [0.4, 0.5) is 0 Å². The van der Waals surface area contributed by atoms with E-state index in [0.29, 0.717) is 22.6 Å². The molecule has 0 aliphatic heterocycles. The van der Waals surface area contributed by atoms with Crippen LogP contribution < -0.4 is 9.47 Å². The van der Waals surface area contributed by atoms with E-state index in [-0.39, 0.29) is 6.79 Å². The third-order valence-corrected chi connectivity index (χ3v) is 3.83. The predicted molar refractivity (Wildman–Crippen MR) is 102 cm³/mol. The first-order chi connectivity index (χ1) is 13.6. The second kappa shape index (κ2) is 8.52. The standard InChI is InChI=1S/C22H15NO5/c1-2-21(24)27-14-26-19-8-5-16(6-9-19)22(25)28-20-10-7-17-11-15(13-23)3-4-18(17)12-20/h2-12H,1,14H2. The van der Waals surface area contributed by atoms with Gasteiger partial charge in [0.1, 0.15) is 11.5 Å². The molecule has 0 saturated carbocycles. The molecule has 3 aromatic carbocycles. The van der Waals surface area contributed by atoms with Crippen molar-refractivity contribution in [3.63, 3.8) is 0 Å². The molecule has 0 saturated heterocycles. The Morgan fingerprint density at radius 1 is 0.964 bits per heavy atom. The van der Waals surface area contributed by atoms with Crippen LogP contribution in [-0.2, 0) is 9.53 Å². The largest absolute Gasteiger partial charge is 0.457 e. The summed E-state index contributed by atoms with van der Waals surface area (Å²) in [6.07, 6.45) is 1.04. The van der Waals surface area contributed by atoms with Crippen molar-refractivity contribution < 1.29 is 23.8 Å². The van der Waals surface area contributed by atoms with Crippen LogP contribution >= 0.6 is 0 Å². The number of carbonyl (C=O) groups is 2. The smallest absolute Gasteiger partial charge is 0.343 e. The molecule has 0 fully saturated rings. The van der Waals surface area contributed by atoms with Gasteiger partial charge in [-0.15, -0.1) is 0 Å². The minimum absolute atomic E-state index is 0.251. The number of hydrogen-bond donors (Lipinski definition) is 0. The Labute approximate surface area is 161 Å². The van der Waals surface area contributed by atoms with E-state index >= 15 is 0 Å². The van der Waals surface area contributed by atoms with Crippen molar-refractivity contribution in [2.75, 3.05) is 6.79 Å². The van der Waals surface area contributed by atoms with Gasteiger partial charge < -0.3 is 14.2 Å². The van der Waals surface area contributed by atoms with Gasteiger partial charge in [-0.05, 0) is 59.3 Å². The van der Waals surface area contributed by atoms with Crippen LogP contribution in [0.1, 0.15) is 15.9 Å². The minimum Gasteiger partial charge on any atom is -0.457 e. The van der Waals surface area contributed by atoms with E-state index in [1.54, 1.807) is 60.7 Å². The van der Waals surface area contributed by atoms with Gasteiger partial charge in [0.05, 0.1) is 17.2 Å². The third kappa shape index (κ3) is 4.54. The molecule has 3 rings (SSSR count). The maximum atomic E-state index is 12.3. The molecular weight excluding hydrogens is 358 g/mol. The average molecular weight is 373 g/mol. The lowest BCUT2D eigenvalue weighted by atomic mass is 10.1. The maximum Gasteiger partial charge on any atom is 0.343 e. The van der Waals surface area contributed by atoms with Crippen LogP contribution in [0, 0.1) is 11.3 Å². The first kappa shape index (κ1) is 18.7. The van der Waals surface area contributed by atoms with E-state index in [2.05, 4.69) is 12.6 Å². The van der Waals surface area contributed by atoms with Crippen molar-refractivity contribution in [1.29, 1.82) is 5.26 Å². The average Bonchev–Trinajstić information content (AvgIpc) is 2.73. The third-order valence-electron chi connectivity index (χ3n) is 3.83. The first-order valence-electron chi connectivity index (χ1n) is 8.27. The number of hydrogen-bond acceptors (Lipinski definition) is 6. The van der Waals surface area contributed by atoms with Crippen LogP contribution in [0.25, 0.3) is 10.8 Å². The molecule has 0 spiro atoms. The fraction of sp³-hybridized carbons (Fsp3) is 0.0455. The second-order valence-electron chi connectivity index (χ2n) is 5.68. The topological polar surface area (TPSA) is 85.6 Å². The summed E-state index contributed by atoms with van der Waals surface area (Å²) < 4.78 is 15.4. The zero-order valence-corrected chi connectivity index (χ0v) is 14.8. The van der Waals surface area contributed by atoms with Gasteiger partial charge in [-0.3, -0.25) is 0 Å². The van der Waals surface area contributed by atoms with E-state index in [0.717, 1.165) is 16.8 Å². The summed E-state index contributed by atoms with van der Waals surface area (Å²) in [5.41, 5.74) is 0.911. The summed E-state index contributed by atoms with van der Waals surface area (Å²) in [5, 5.41) is 10.7. The molecule has 0 unspecified atom stereocenters. The van der Waals surface area contributed by atoms with Crippen molar-refractivity contribution in [3.05, 3.63) is 84.4 Å². The quantitative estimate of drug-likeness (QED) is 0.281. The Kier molecular flexibility index (Phi) is 5.68. The molecule has 0 amide bonds. The summed E-state index contributed by atoms with van der Waals surface area (Å²) in [7, 11) is 0. The Hall–Kier alpha value is -4.11. The molecule has 0 aliphatic carbocycles. The van der Waals surface area contributed by atoms with Crippen LogP contribution in [-0.4, -0.2) is 18.7 Å². The molecule has 0 N–H and O–H groups in total. The lowest BCUT2D eigenvalue weighted by Crippen LogP contribution is -2.09. The van der Waals surface area contributed by atoms with E-state index in [4.69, 9.17) is 19.5 Å². The van der Waals surface area contributed by atoms with E-state index < -0.39 is 11.9 Å². The van der Waals surface area contributed by atoms with Gasteiger partial charge >= 0.3 is 11.9 Å². The van der Waals surface area contributed by atoms with Gasteiger partial charge in [-0.2, -0.15) is 5.26 Å². The van der Waals surface area contributed by atoms with Crippen molar-refractivity contribution in [2.24, 2.45) is 0 Å². The number of ether oxygens (including phenoxy) is 3. The highest BCUT2D eigenvalue weighted by Crippen LogP contribution is 2.23. The van der Waals surface area contributed by atoms with Crippen molar-refractivity contribution in [2.45, 2.75) is 0 Å². The highest BCUT2D eigenvalue weighted by molar-refractivity contribution is 5.92. The molecule has 3 aromatic rings. The fourth-order valence-corrected chi connectivity index (χ4v) is 2.42. The van der Waals surface area contributed by atoms with Crippen molar-refractivity contribution in [1.82, 2.24) is 0 Å². The van der Waals surface area contributed by atoms with Gasteiger partial charge in [-0.1, -0.05) is 18.7 Å². The highest BCUT2D eigenvalue weighted by Gasteiger charge is 2.10. The number of benzene rings is 3. The van der Waals surface area contributed by atoms with Crippen LogP contribution in [0.3, 0.4) is 0 Å². The van der Waals surface area contributed by atoms with Gasteiger partial charge in [0.15, 0.2) is 0 Å². The van der Waals surface area contributed by atoms with Crippen LogP contribution in [0.5, 0.6) is 11.5 Å². The lowest BCUT2D eigenvalue weighted by molar-refractivity contribution is -0.144. The number of fused-ring (bicyclic) bond motifs is 1. The van der Waals surface area contributed by atoms with Crippen LogP contribution in [0.15, 0.2) is 73.3 Å². The molecule has 0 bridgehead atoms. The lowest BCUT2D eigenvalue weighted by Gasteiger charge is -2.08. The molecule has 0 atom stereocenters.